The summed E-state index contributed by atoms with van der Waals surface area (Å²) < 4.78 is 23.4. The van der Waals surface area contributed by atoms with Gasteiger partial charge in [0.25, 0.3) is 0 Å². The maximum absolute atomic E-state index is 12.8. The lowest BCUT2D eigenvalue weighted by molar-refractivity contribution is -0.129. The predicted molar refractivity (Wildman–Crippen MR) is 110 cm³/mol. The van der Waals surface area contributed by atoms with Crippen LogP contribution in [-0.4, -0.2) is 54.5 Å². The van der Waals surface area contributed by atoms with E-state index in [9.17, 15) is 18.0 Å². The smallest absolute Gasteiger partial charge is 0.229 e. The van der Waals surface area contributed by atoms with Gasteiger partial charge < -0.3 is 10.2 Å². The summed E-state index contributed by atoms with van der Waals surface area (Å²) in [4.78, 5) is 27.9. The molecule has 0 unspecified atom stereocenters. The van der Waals surface area contributed by atoms with Gasteiger partial charge in [-0.1, -0.05) is 25.0 Å². The predicted octanol–water partition coefficient (Wildman–Crippen LogP) is 2.70. The molecule has 152 valence electrons. The van der Waals surface area contributed by atoms with Gasteiger partial charge in [0.05, 0.1) is 23.1 Å². The number of carbonyl (C=O) groups is 2. The highest BCUT2D eigenvalue weighted by molar-refractivity contribution is 8.00. The summed E-state index contributed by atoms with van der Waals surface area (Å²) in [5.74, 6) is -0.551. The van der Waals surface area contributed by atoms with Crippen molar-refractivity contribution in [2.75, 3.05) is 23.4 Å². The molecule has 28 heavy (non-hydrogen) atoms. The molecule has 3 aliphatic rings. The van der Waals surface area contributed by atoms with Gasteiger partial charge in [0.1, 0.15) is 0 Å². The van der Waals surface area contributed by atoms with E-state index in [4.69, 9.17) is 0 Å². The first-order valence-corrected chi connectivity index (χ1v) is 12.7. The molecule has 0 radical (unpaired) electrons. The number of hydrogen-bond donors (Lipinski definition) is 1. The quantitative estimate of drug-likeness (QED) is 0.789. The summed E-state index contributed by atoms with van der Waals surface area (Å²) >= 11 is 1.82. The fourth-order valence-electron chi connectivity index (χ4n) is 4.37. The highest BCUT2D eigenvalue weighted by atomic mass is 32.2. The maximum atomic E-state index is 12.8. The standard InChI is InChI=1S/C20H26N2O4S2/c23-19-11-14(12-22(19)15-9-10-28(25,26)13-15)20(24)21-17-7-3-4-8-18(17)27-16-5-1-2-6-16/h3-4,7-8,14-16H,1-2,5-6,9-13H2,(H,21,24)/t14-,15+/m0/s1. The van der Waals surface area contributed by atoms with Gasteiger partial charge in [-0.2, -0.15) is 0 Å². The minimum absolute atomic E-state index is 0.0218. The van der Waals surface area contributed by atoms with Crippen molar-refractivity contribution in [1.29, 1.82) is 0 Å². The third-order valence-electron chi connectivity index (χ3n) is 5.92. The number of thioether (sulfide) groups is 1. The van der Waals surface area contributed by atoms with Crippen LogP contribution in [0.5, 0.6) is 0 Å². The molecule has 1 aromatic rings. The van der Waals surface area contributed by atoms with E-state index in [-0.39, 0.29) is 35.8 Å². The van der Waals surface area contributed by atoms with Crippen molar-refractivity contribution >= 4 is 39.1 Å². The van der Waals surface area contributed by atoms with Gasteiger partial charge in [0, 0.05) is 29.2 Å². The Morgan fingerprint density at radius 1 is 1.14 bits per heavy atom. The minimum atomic E-state index is -3.06. The first-order valence-electron chi connectivity index (χ1n) is 9.98. The Morgan fingerprint density at radius 3 is 2.61 bits per heavy atom. The van der Waals surface area contributed by atoms with E-state index in [0.717, 1.165) is 10.6 Å². The summed E-state index contributed by atoms with van der Waals surface area (Å²) in [6, 6.07) is 7.56. The Balaban J connectivity index is 1.40. The number of sulfone groups is 1. The van der Waals surface area contributed by atoms with Crippen molar-refractivity contribution in [3.63, 3.8) is 0 Å². The first kappa shape index (κ1) is 19.8. The van der Waals surface area contributed by atoms with Crippen molar-refractivity contribution in [2.45, 2.75) is 54.7 Å². The Kier molecular flexibility index (Phi) is 5.69. The lowest BCUT2D eigenvalue weighted by Gasteiger charge is -2.23. The van der Waals surface area contributed by atoms with Crippen LogP contribution < -0.4 is 5.32 Å². The second kappa shape index (κ2) is 8.06. The van der Waals surface area contributed by atoms with Crippen LogP contribution in [0.3, 0.4) is 0 Å². The van der Waals surface area contributed by atoms with Crippen LogP contribution in [0.2, 0.25) is 0 Å². The van der Waals surface area contributed by atoms with Gasteiger partial charge in [-0.25, -0.2) is 8.42 Å². The average molecular weight is 423 g/mol. The van der Waals surface area contributed by atoms with E-state index < -0.39 is 15.8 Å². The molecule has 0 aromatic heterocycles. The second-order valence-electron chi connectivity index (χ2n) is 8.01. The minimum Gasteiger partial charge on any atom is -0.338 e. The van der Waals surface area contributed by atoms with Crippen molar-refractivity contribution in [2.24, 2.45) is 5.92 Å². The Bertz CT molecular complexity index is 865. The van der Waals surface area contributed by atoms with Crippen molar-refractivity contribution in [1.82, 2.24) is 4.90 Å². The van der Waals surface area contributed by atoms with Gasteiger partial charge in [0.2, 0.25) is 11.8 Å². The maximum Gasteiger partial charge on any atom is 0.229 e. The molecule has 3 fully saturated rings. The van der Waals surface area contributed by atoms with Crippen LogP contribution in [0.15, 0.2) is 29.2 Å². The number of rotatable bonds is 5. The Labute approximate surface area is 170 Å². The van der Waals surface area contributed by atoms with E-state index >= 15 is 0 Å². The van der Waals surface area contributed by atoms with Crippen LogP contribution in [-0.2, 0) is 19.4 Å². The van der Waals surface area contributed by atoms with Crippen LogP contribution in [0.1, 0.15) is 38.5 Å². The number of nitrogens with one attached hydrogen (secondary N) is 1. The third kappa shape index (κ3) is 4.38. The molecule has 1 aromatic carbocycles. The zero-order chi connectivity index (χ0) is 19.7. The molecule has 6 nitrogen and oxygen atoms in total. The van der Waals surface area contributed by atoms with E-state index in [1.54, 1.807) is 4.90 Å². The highest BCUT2D eigenvalue weighted by Gasteiger charge is 2.42. The summed E-state index contributed by atoms with van der Waals surface area (Å²) in [6.07, 6.45) is 5.59. The molecule has 0 spiro atoms. The largest absolute Gasteiger partial charge is 0.338 e. The Hall–Kier alpha value is -1.54. The molecule has 2 atom stereocenters. The van der Waals surface area contributed by atoms with Gasteiger partial charge in [-0.3, -0.25) is 9.59 Å². The van der Waals surface area contributed by atoms with Crippen LogP contribution in [0, 0.1) is 5.92 Å². The zero-order valence-corrected chi connectivity index (χ0v) is 17.4. The normalized spacial score (nSPS) is 27.4. The van der Waals surface area contributed by atoms with Crippen LogP contribution in [0.25, 0.3) is 0 Å². The third-order valence-corrected chi connectivity index (χ3v) is 9.08. The number of para-hydroxylation sites is 1. The molecule has 1 aliphatic carbocycles. The molecule has 1 saturated carbocycles. The van der Waals surface area contributed by atoms with E-state index in [0.29, 0.717) is 18.2 Å². The fraction of sp³-hybridized carbons (Fsp3) is 0.600. The number of amides is 2. The summed E-state index contributed by atoms with van der Waals surface area (Å²) in [5, 5.41) is 3.62. The SMILES string of the molecule is O=C(Nc1ccccc1SC1CCCC1)[C@H]1CC(=O)N([C@@H]2CCS(=O)(=O)C2)C1. The summed E-state index contributed by atoms with van der Waals surface area (Å²) in [5.41, 5.74) is 0.804. The van der Waals surface area contributed by atoms with Gasteiger partial charge in [-0.05, 0) is 31.4 Å². The van der Waals surface area contributed by atoms with E-state index in [1.807, 2.05) is 36.0 Å². The second-order valence-corrected chi connectivity index (χ2v) is 11.6. The number of benzene rings is 1. The summed E-state index contributed by atoms with van der Waals surface area (Å²) in [7, 11) is -3.06. The van der Waals surface area contributed by atoms with Gasteiger partial charge in [-0.15, -0.1) is 11.8 Å². The van der Waals surface area contributed by atoms with Crippen molar-refractivity contribution < 1.29 is 18.0 Å². The molecule has 2 aliphatic heterocycles. The average Bonchev–Trinajstić information content (AvgIpc) is 3.37. The molecule has 0 bridgehead atoms. The van der Waals surface area contributed by atoms with E-state index in [2.05, 4.69) is 5.32 Å². The van der Waals surface area contributed by atoms with Crippen LogP contribution in [0.4, 0.5) is 5.69 Å². The first-order chi connectivity index (χ1) is 13.4. The highest BCUT2D eigenvalue weighted by Crippen LogP contribution is 2.38. The van der Waals surface area contributed by atoms with Gasteiger partial charge in [0.15, 0.2) is 9.84 Å². The molecular weight excluding hydrogens is 396 g/mol. The number of anilines is 1. The number of likely N-dealkylation sites (tertiary alicyclic amines) is 1. The fourth-order valence-corrected chi connectivity index (χ4v) is 7.44. The topological polar surface area (TPSA) is 83.6 Å². The monoisotopic (exact) mass is 422 g/mol. The number of carbonyl (C=O) groups excluding carboxylic acids is 2. The van der Waals surface area contributed by atoms with Crippen molar-refractivity contribution in [3.05, 3.63) is 24.3 Å². The molecule has 2 heterocycles. The lowest BCUT2D eigenvalue weighted by Crippen LogP contribution is -2.38. The van der Waals surface area contributed by atoms with Crippen molar-refractivity contribution in [3.8, 4) is 0 Å². The molecule has 1 N–H and O–H groups in total. The molecular formula is C20H26N2O4S2. The lowest BCUT2D eigenvalue weighted by atomic mass is 10.1. The summed E-state index contributed by atoms with van der Waals surface area (Å²) in [6.45, 7) is 0.308. The molecule has 2 saturated heterocycles. The van der Waals surface area contributed by atoms with E-state index in [1.165, 1.54) is 25.7 Å². The number of nitrogens with zero attached hydrogens (tertiary/aromatic N) is 1. The Morgan fingerprint density at radius 2 is 1.89 bits per heavy atom. The molecule has 8 heteroatoms. The van der Waals surface area contributed by atoms with Gasteiger partial charge >= 0.3 is 0 Å². The van der Waals surface area contributed by atoms with Crippen LogP contribution >= 0.6 is 11.8 Å². The zero-order valence-electron chi connectivity index (χ0n) is 15.8. The molecule has 4 rings (SSSR count). The molecule has 2 amide bonds. The number of hydrogen-bond acceptors (Lipinski definition) is 5.